The minimum absolute atomic E-state index is 0.712. The van der Waals surface area contributed by atoms with Crippen LogP contribution in [0.4, 0.5) is 0 Å². The molecule has 0 radical (unpaired) electrons. The molecule has 2 saturated carbocycles. The Bertz CT molecular complexity index is 171. The maximum absolute atomic E-state index is 2.55. The van der Waals surface area contributed by atoms with Crippen LogP contribution in [0.15, 0.2) is 0 Å². The quantitative estimate of drug-likeness (QED) is 0.561. The van der Waals surface area contributed by atoms with Gasteiger partial charge in [0.1, 0.15) is 0 Å². The van der Waals surface area contributed by atoms with Gasteiger partial charge in [0.25, 0.3) is 0 Å². The third-order valence-corrected chi connectivity index (χ3v) is 4.93. The first kappa shape index (κ1) is 9.55. The van der Waals surface area contributed by atoms with Gasteiger partial charge < -0.3 is 0 Å². The fourth-order valence-electron chi connectivity index (χ4n) is 3.86. The second kappa shape index (κ2) is 3.63. The van der Waals surface area contributed by atoms with Crippen molar-refractivity contribution in [2.24, 2.45) is 17.3 Å². The third-order valence-electron chi connectivity index (χ3n) is 4.93. The van der Waals surface area contributed by atoms with Crippen molar-refractivity contribution < 1.29 is 0 Å². The van der Waals surface area contributed by atoms with Crippen LogP contribution in [0.25, 0.3) is 0 Å². The van der Waals surface area contributed by atoms with Crippen LogP contribution in [0.1, 0.15) is 65.2 Å². The second-order valence-electron chi connectivity index (χ2n) is 5.55. The summed E-state index contributed by atoms with van der Waals surface area (Å²) in [4.78, 5) is 0. The Morgan fingerprint density at radius 2 is 1.77 bits per heavy atom. The Balaban J connectivity index is 2.11. The predicted octanol–water partition coefficient (Wildman–Crippen LogP) is 4.39. The van der Waals surface area contributed by atoms with Crippen LogP contribution in [0.2, 0.25) is 0 Å². The van der Waals surface area contributed by atoms with Crippen LogP contribution < -0.4 is 0 Å². The molecular weight excluding hydrogens is 156 g/mol. The zero-order valence-corrected chi connectivity index (χ0v) is 9.31. The van der Waals surface area contributed by atoms with Crippen LogP contribution in [-0.2, 0) is 0 Å². The lowest BCUT2D eigenvalue weighted by molar-refractivity contribution is 0.0227. The highest BCUT2D eigenvalue weighted by atomic mass is 14.5. The largest absolute Gasteiger partial charge is 0.0649 e. The summed E-state index contributed by atoms with van der Waals surface area (Å²) < 4.78 is 0. The lowest BCUT2D eigenvalue weighted by Crippen LogP contribution is -2.38. The molecule has 3 atom stereocenters. The van der Waals surface area contributed by atoms with E-state index in [1.165, 1.54) is 38.5 Å². The Morgan fingerprint density at radius 3 is 2.54 bits per heavy atom. The highest BCUT2D eigenvalue weighted by Crippen LogP contribution is 2.52. The van der Waals surface area contributed by atoms with Crippen LogP contribution in [0, 0.1) is 17.3 Å². The molecule has 0 heterocycles. The third kappa shape index (κ3) is 1.65. The molecule has 0 aliphatic heterocycles. The Morgan fingerprint density at radius 1 is 1.08 bits per heavy atom. The van der Waals surface area contributed by atoms with Gasteiger partial charge in [0.15, 0.2) is 0 Å². The number of hydrogen-bond acceptors (Lipinski definition) is 0. The number of hydrogen-bond donors (Lipinski definition) is 0. The molecule has 0 aromatic rings. The highest BCUT2D eigenvalue weighted by molar-refractivity contribution is 4.91. The molecule has 0 bridgehead atoms. The van der Waals surface area contributed by atoms with Crippen LogP contribution in [0.3, 0.4) is 0 Å². The lowest BCUT2D eigenvalue weighted by atomic mass is 9.57. The van der Waals surface area contributed by atoms with E-state index in [9.17, 15) is 0 Å². The molecule has 0 amide bonds. The van der Waals surface area contributed by atoms with Crippen LogP contribution in [0.5, 0.6) is 0 Å². The van der Waals surface area contributed by atoms with E-state index in [1.54, 1.807) is 12.8 Å². The van der Waals surface area contributed by atoms with Crippen molar-refractivity contribution in [3.8, 4) is 0 Å². The van der Waals surface area contributed by atoms with Crippen molar-refractivity contribution in [2.75, 3.05) is 0 Å². The maximum atomic E-state index is 2.55. The monoisotopic (exact) mass is 180 g/mol. The molecule has 2 fully saturated rings. The molecule has 0 heteroatoms. The van der Waals surface area contributed by atoms with Crippen molar-refractivity contribution in [1.82, 2.24) is 0 Å². The molecule has 0 aromatic carbocycles. The van der Waals surface area contributed by atoms with Gasteiger partial charge in [-0.15, -0.1) is 0 Å². The van der Waals surface area contributed by atoms with Crippen molar-refractivity contribution in [3.63, 3.8) is 0 Å². The molecule has 2 aliphatic rings. The first-order valence-corrected chi connectivity index (χ1v) is 6.26. The van der Waals surface area contributed by atoms with Gasteiger partial charge in [-0.1, -0.05) is 52.4 Å². The Labute approximate surface area is 83.1 Å². The smallest absolute Gasteiger partial charge is 0.0298 e. The van der Waals surface area contributed by atoms with Gasteiger partial charge in [-0.2, -0.15) is 0 Å². The van der Waals surface area contributed by atoms with Gasteiger partial charge in [-0.25, -0.2) is 0 Å². The molecule has 13 heavy (non-hydrogen) atoms. The molecule has 3 unspecified atom stereocenters. The summed E-state index contributed by atoms with van der Waals surface area (Å²) in [5, 5.41) is 0. The Kier molecular flexibility index (Phi) is 2.67. The second-order valence-corrected chi connectivity index (χ2v) is 5.55. The first-order chi connectivity index (χ1) is 6.26. The summed E-state index contributed by atoms with van der Waals surface area (Å²) in [6.07, 6.45) is 12.1. The molecular formula is C13H24. The molecule has 76 valence electrons. The minimum Gasteiger partial charge on any atom is -0.0649 e. The van der Waals surface area contributed by atoms with Gasteiger partial charge >= 0.3 is 0 Å². The maximum Gasteiger partial charge on any atom is -0.0298 e. The summed E-state index contributed by atoms with van der Waals surface area (Å²) >= 11 is 0. The van der Waals surface area contributed by atoms with E-state index >= 15 is 0 Å². The van der Waals surface area contributed by atoms with Crippen molar-refractivity contribution in [1.29, 1.82) is 0 Å². The zero-order valence-electron chi connectivity index (χ0n) is 9.31. The average Bonchev–Trinajstić information content (AvgIpc) is 2.19. The molecule has 0 saturated heterocycles. The molecule has 0 nitrogen and oxygen atoms in total. The molecule has 0 spiro atoms. The normalized spacial score (nSPS) is 45.7. The average molecular weight is 180 g/mol. The standard InChI is InChI=1S/C13H24/c1-3-13(2)10-6-8-11-7-4-5-9-12(11)13/h11-12H,3-10H2,1-2H3. The SMILES string of the molecule is CCC1(C)CCCC2CCCCC21. The van der Waals surface area contributed by atoms with Crippen LogP contribution in [-0.4, -0.2) is 0 Å². The van der Waals surface area contributed by atoms with Gasteiger partial charge in [-0.3, -0.25) is 0 Å². The molecule has 0 N–H and O–H groups in total. The fourth-order valence-corrected chi connectivity index (χ4v) is 3.86. The van der Waals surface area contributed by atoms with Gasteiger partial charge in [-0.05, 0) is 30.1 Å². The van der Waals surface area contributed by atoms with E-state index in [-0.39, 0.29) is 0 Å². The molecule has 0 aromatic heterocycles. The Hall–Kier alpha value is 0. The van der Waals surface area contributed by atoms with E-state index in [0.717, 1.165) is 11.8 Å². The summed E-state index contributed by atoms with van der Waals surface area (Å²) in [6, 6.07) is 0. The molecule has 2 aliphatic carbocycles. The number of fused-ring (bicyclic) bond motifs is 1. The van der Waals surface area contributed by atoms with E-state index in [0.29, 0.717) is 5.41 Å². The van der Waals surface area contributed by atoms with E-state index < -0.39 is 0 Å². The first-order valence-electron chi connectivity index (χ1n) is 6.26. The van der Waals surface area contributed by atoms with E-state index in [2.05, 4.69) is 13.8 Å². The molecule has 2 rings (SSSR count). The zero-order chi connectivity index (χ0) is 9.31. The van der Waals surface area contributed by atoms with Crippen molar-refractivity contribution in [3.05, 3.63) is 0 Å². The van der Waals surface area contributed by atoms with Crippen molar-refractivity contribution in [2.45, 2.75) is 65.2 Å². The van der Waals surface area contributed by atoms with Gasteiger partial charge in [0.05, 0.1) is 0 Å². The summed E-state index contributed by atoms with van der Waals surface area (Å²) in [6.45, 7) is 4.95. The highest BCUT2D eigenvalue weighted by Gasteiger charge is 2.41. The fraction of sp³-hybridized carbons (Fsp3) is 1.00. The van der Waals surface area contributed by atoms with Crippen molar-refractivity contribution >= 4 is 0 Å². The summed E-state index contributed by atoms with van der Waals surface area (Å²) in [5.74, 6) is 2.19. The summed E-state index contributed by atoms with van der Waals surface area (Å²) in [5.41, 5.74) is 0.712. The lowest BCUT2D eigenvalue weighted by Gasteiger charge is -2.48. The topological polar surface area (TPSA) is 0 Å². The number of rotatable bonds is 1. The van der Waals surface area contributed by atoms with Crippen LogP contribution >= 0.6 is 0 Å². The van der Waals surface area contributed by atoms with Gasteiger partial charge in [0.2, 0.25) is 0 Å². The van der Waals surface area contributed by atoms with Gasteiger partial charge in [0, 0.05) is 0 Å². The predicted molar refractivity (Wildman–Crippen MR) is 57.7 cm³/mol. The van der Waals surface area contributed by atoms with E-state index in [4.69, 9.17) is 0 Å². The summed E-state index contributed by atoms with van der Waals surface area (Å²) in [7, 11) is 0. The minimum atomic E-state index is 0.712. The van der Waals surface area contributed by atoms with E-state index in [1.807, 2.05) is 0 Å².